The van der Waals surface area contributed by atoms with Crippen molar-refractivity contribution in [3.63, 3.8) is 0 Å². The summed E-state index contributed by atoms with van der Waals surface area (Å²) in [7, 11) is -3.10. The third kappa shape index (κ3) is 5.10. The van der Waals surface area contributed by atoms with Crippen molar-refractivity contribution < 1.29 is 8.42 Å². The highest BCUT2D eigenvalue weighted by atomic mass is 32.2. The number of benzene rings is 1. The molecule has 1 rings (SSSR count). The van der Waals surface area contributed by atoms with Crippen LogP contribution in [-0.2, 0) is 9.84 Å². The van der Waals surface area contributed by atoms with Gasteiger partial charge in [0, 0.05) is 22.4 Å². The third-order valence-electron chi connectivity index (χ3n) is 2.29. The van der Waals surface area contributed by atoms with Crippen LogP contribution in [0.1, 0.15) is 20.3 Å². The van der Waals surface area contributed by atoms with E-state index in [-0.39, 0.29) is 6.04 Å². The minimum Gasteiger partial charge on any atom is -0.328 e. The smallest absolute Gasteiger partial charge is 0.175 e. The number of nitrogens with two attached hydrogens (primary N) is 1. The van der Waals surface area contributed by atoms with Crippen molar-refractivity contribution in [2.24, 2.45) is 5.73 Å². The molecule has 3 nitrogen and oxygen atoms in total. The molecule has 1 aromatic rings. The molecule has 2 atom stereocenters. The zero-order valence-electron chi connectivity index (χ0n) is 10.4. The van der Waals surface area contributed by atoms with E-state index in [1.165, 1.54) is 6.26 Å². The van der Waals surface area contributed by atoms with E-state index in [2.05, 4.69) is 6.92 Å². The van der Waals surface area contributed by atoms with Crippen LogP contribution in [0.25, 0.3) is 0 Å². The van der Waals surface area contributed by atoms with Gasteiger partial charge in [-0.3, -0.25) is 0 Å². The molecule has 0 amide bonds. The van der Waals surface area contributed by atoms with Gasteiger partial charge in [-0.25, -0.2) is 8.42 Å². The van der Waals surface area contributed by atoms with Gasteiger partial charge in [-0.1, -0.05) is 6.92 Å². The van der Waals surface area contributed by atoms with Crippen LogP contribution in [0, 0.1) is 0 Å². The molecule has 0 aliphatic carbocycles. The maximum atomic E-state index is 11.3. The predicted octanol–water partition coefficient (Wildman–Crippen LogP) is 2.31. The van der Waals surface area contributed by atoms with E-state index in [4.69, 9.17) is 5.73 Å². The molecule has 0 aromatic heterocycles. The summed E-state index contributed by atoms with van der Waals surface area (Å²) in [5.74, 6) is 0. The van der Waals surface area contributed by atoms with Crippen LogP contribution in [0.2, 0.25) is 0 Å². The van der Waals surface area contributed by atoms with Crippen LogP contribution < -0.4 is 5.73 Å². The van der Waals surface area contributed by atoms with Gasteiger partial charge in [-0.2, -0.15) is 0 Å². The number of hydrogen-bond acceptors (Lipinski definition) is 4. The second kappa shape index (κ2) is 5.89. The molecule has 0 heterocycles. The highest BCUT2D eigenvalue weighted by Crippen LogP contribution is 2.26. The summed E-state index contributed by atoms with van der Waals surface area (Å²) in [6.07, 6.45) is 2.16. The first-order chi connectivity index (χ1) is 7.79. The Balaban J connectivity index is 2.69. The van der Waals surface area contributed by atoms with Crippen LogP contribution in [0.5, 0.6) is 0 Å². The lowest BCUT2D eigenvalue weighted by Crippen LogP contribution is -2.19. The van der Waals surface area contributed by atoms with Crippen molar-refractivity contribution in [1.29, 1.82) is 0 Å². The van der Waals surface area contributed by atoms with Gasteiger partial charge in [0.05, 0.1) is 4.90 Å². The van der Waals surface area contributed by atoms with E-state index < -0.39 is 9.84 Å². The van der Waals surface area contributed by atoms with E-state index in [0.29, 0.717) is 10.1 Å². The van der Waals surface area contributed by atoms with Gasteiger partial charge < -0.3 is 5.73 Å². The van der Waals surface area contributed by atoms with Crippen LogP contribution in [0.4, 0.5) is 0 Å². The molecule has 0 bridgehead atoms. The van der Waals surface area contributed by atoms with Crippen molar-refractivity contribution in [3.8, 4) is 0 Å². The van der Waals surface area contributed by atoms with Crippen LogP contribution in [0.15, 0.2) is 34.1 Å². The fraction of sp³-hybridized carbons (Fsp3) is 0.500. The summed E-state index contributed by atoms with van der Waals surface area (Å²) < 4.78 is 22.6. The van der Waals surface area contributed by atoms with Gasteiger partial charge in [-0.05, 0) is 37.6 Å². The molecule has 0 aliphatic rings. The molecule has 0 radical (unpaired) electrons. The average Bonchev–Trinajstić information content (AvgIpc) is 2.15. The van der Waals surface area contributed by atoms with Crippen LogP contribution in [-0.4, -0.2) is 26.0 Å². The Hall–Kier alpha value is -0.520. The maximum Gasteiger partial charge on any atom is 0.175 e. The summed E-state index contributed by atoms with van der Waals surface area (Å²) in [5.41, 5.74) is 5.74. The van der Waals surface area contributed by atoms with Crippen molar-refractivity contribution in [1.82, 2.24) is 0 Å². The van der Waals surface area contributed by atoms with E-state index in [0.717, 1.165) is 11.3 Å². The summed E-state index contributed by atoms with van der Waals surface area (Å²) in [4.78, 5) is 1.44. The Labute approximate surface area is 108 Å². The van der Waals surface area contributed by atoms with E-state index in [9.17, 15) is 8.42 Å². The van der Waals surface area contributed by atoms with E-state index in [1.54, 1.807) is 23.9 Å². The monoisotopic (exact) mass is 273 g/mol. The zero-order valence-corrected chi connectivity index (χ0v) is 12.0. The maximum absolute atomic E-state index is 11.3. The summed E-state index contributed by atoms with van der Waals surface area (Å²) in [6.45, 7) is 4.11. The van der Waals surface area contributed by atoms with Crippen LogP contribution in [0.3, 0.4) is 0 Å². The minimum atomic E-state index is -3.10. The standard InChI is InChI=1S/C12H19NO2S2/c1-9(13)8-10(2)16-11-4-6-12(7-5-11)17(3,14)15/h4-7,9-10H,8,13H2,1-3H3. The minimum absolute atomic E-state index is 0.188. The Morgan fingerprint density at radius 2 is 1.76 bits per heavy atom. The second-order valence-corrected chi connectivity index (χ2v) is 7.91. The summed E-state index contributed by atoms with van der Waals surface area (Å²) in [5, 5.41) is 0.430. The number of sulfone groups is 1. The third-order valence-corrected chi connectivity index (χ3v) is 4.56. The first-order valence-corrected chi connectivity index (χ1v) is 8.28. The van der Waals surface area contributed by atoms with Gasteiger partial charge in [0.15, 0.2) is 9.84 Å². The Morgan fingerprint density at radius 1 is 1.24 bits per heavy atom. The molecule has 1 aromatic carbocycles. The van der Waals surface area contributed by atoms with E-state index >= 15 is 0 Å². The molecule has 5 heteroatoms. The number of thioether (sulfide) groups is 1. The van der Waals surface area contributed by atoms with Gasteiger partial charge in [0.2, 0.25) is 0 Å². The molecule has 17 heavy (non-hydrogen) atoms. The van der Waals surface area contributed by atoms with Gasteiger partial charge in [0.1, 0.15) is 0 Å². The zero-order chi connectivity index (χ0) is 13.1. The van der Waals surface area contributed by atoms with Crippen molar-refractivity contribution in [2.75, 3.05) is 6.26 Å². The molecule has 2 N–H and O–H groups in total. The molecule has 0 fully saturated rings. The second-order valence-electron chi connectivity index (χ2n) is 4.39. The van der Waals surface area contributed by atoms with Gasteiger partial charge in [-0.15, -0.1) is 11.8 Å². The van der Waals surface area contributed by atoms with Crippen molar-refractivity contribution in [2.45, 2.75) is 41.4 Å². The number of hydrogen-bond donors (Lipinski definition) is 1. The van der Waals surface area contributed by atoms with Crippen molar-refractivity contribution >= 4 is 21.6 Å². The lowest BCUT2D eigenvalue weighted by Gasteiger charge is -2.13. The van der Waals surface area contributed by atoms with Crippen molar-refractivity contribution in [3.05, 3.63) is 24.3 Å². The Bertz CT molecular complexity index is 452. The van der Waals surface area contributed by atoms with Crippen LogP contribution >= 0.6 is 11.8 Å². The van der Waals surface area contributed by atoms with Gasteiger partial charge >= 0.3 is 0 Å². The molecule has 96 valence electrons. The molecular weight excluding hydrogens is 254 g/mol. The predicted molar refractivity (Wildman–Crippen MR) is 73.1 cm³/mol. The number of rotatable bonds is 5. The fourth-order valence-electron chi connectivity index (χ4n) is 1.57. The van der Waals surface area contributed by atoms with E-state index in [1.807, 2.05) is 19.1 Å². The molecular formula is C12H19NO2S2. The molecule has 2 unspecified atom stereocenters. The summed E-state index contributed by atoms with van der Waals surface area (Å²) >= 11 is 1.72. The first kappa shape index (κ1) is 14.5. The normalized spacial score (nSPS) is 15.5. The highest BCUT2D eigenvalue weighted by Gasteiger charge is 2.09. The van der Waals surface area contributed by atoms with Gasteiger partial charge in [0.25, 0.3) is 0 Å². The largest absolute Gasteiger partial charge is 0.328 e. The molecule has 0 saturated heterocycles. The Morgan fingerprint density at radius 3 is 2.18 bits per heavy atom. The topological polar surface area (TPSA) is 60.2 Å². The molecule has 0 aliphatic heterocycles. The Kier molecular flexibility index (Phi) is 5.04. The summed E-state index contributed by atoms with van der Waals surface area (Å²) in [6, 6.07) is 7.18. The lowest BCUT2D eigenvalue weighted by molar-refractivity contribution is 0.602. The molecule has 0 spiro atoms. The quantitative estimate of drug-likeness (QED) is 0.836. The highest BCUT2D eigenvalue weighted by molar-refractivity contribution is 8.00. The lowest BCUT2D eigenvalue weighted by atomic mass is 10.2. The first-order valence-electron chi connectivity index (χ1n) is 5.51. The molecule has 0 saturated carbocycles. The SMILES string of the molecule is CC(N)CC(C)Sc1ccc(S(C)(=O)=O)cc1. The fourth-order valence-corrected chi connectivity index (χ4v) is 3.36. The average molecular weight is 273 g/mol.